The highest BCUT2D eigenvalue weighted by Crippen LogP contribution is 2.28. The molecule has 0 saturated heterocycles. The molecule has 0 amide bonds. The van der Waals surface area contributed by atoms with Gasteiger partial charge in [0.05, 0.1) is 22.8 Å². The number of rotatable bonds is 14. The van der Waals surface area contributed by atoms with Gasteiger partial charge in [-0.2, -0.15) is 0 Å². The van der Waals surface area contributed by atoms with Crippen LogP contribution < -0.4 is 0 Å². The van der Waals surface area contributed by atoms with Gasteiger partial charge >= 0.3 is 0 Å². The molecule has 1 unspecified atom stereocenters. The third kappa shape index (κ3) is 9.16. The molecule has 0 aliphatic carbocycles. The molecule has 0 N–H and O–H groups in total. The Morgan fingerprint density at radius 2 is 1.78 bits per heavy atom. The van der Waals surface area contributed by atoms with Crippen molar-refractivity contribution in [3.63, 3.8) is 0 Å². The van der Waals surface area contributed by atoms with E-state index in [1.807, 2.05) is 32.2 Å². The van der Waals surface area contributed by atoms with Crippen molar-refractivity contribution in [3.05, 3.63) is 83.3 Å². The maximum Gasteiger partial charge on any atom is 0.142 e. The second-order valence-corrected chi connectivity index (χ2v) is 8.47. The Kier molecular flexibility index (Phi) is 13.6. The molecular formula is C28H40ClFN2. The molecule has 1 atom stereocenters. The summed E-state index contributed by atoms with van der Waals surface area (Å²) in [5.74, 6) is -0.379. The molecule has 0 spiro atoms. The van der Waals surface area contributed by atoms with Crippen LogP contribution in [0.15, 0.2) is 71.9 Å². The van der Waals surface area contributed by atoms with Crippen molar-refractivity contribution >= 4 is 17.3 Å². The van der Waals surface area contributed by atoms with Crippen LogP contribution in [-0.4, -0.2) is 23.7 Å². The number of hydrogen-bond donors (Lipinski definition) is 0. The average Bonchev–Trinajstić information content (AvgIpc) is 2.77. The molecule has 2 nitrogen and oxygen atoms in total. The molecule has 0 fully saturated rings. The Morgan fingerprint density at radius 3 is 2.31 bits per heavy atom. The van der Waals surface area contributed by atoms with Gasteiger partial charge in [0.1, 0.15) is 5.82 Å². The minimum atomic E-state index is -0.379. The molecule has 0 aliphatic heterocycles. The molecule has 0 heterocycles. The minimum absolute atomic E-state index is 0.0584. The molecule has 1 rings (SSSR count). The first kappa shape index (κ1) is 27.9. The summed E-state index contributed by atoms with van der Waals surface area (Å²) in [5, 5.41) is 0.152. The van der Waals surface area contributed by atoms with Crippen molar-refractivity contribution in [1.82, 2.24) is 4.90 Å². The van der Waals surface area contributed by atoms with Gasteiger partial charge in [-0.05, 0) is 62.2 Å². The average molecular weight is 459 g/mol. The number of nitrogens with zero attached hydrogens (tertiary/aromatic N) is 2. The van der Waals surface area contributed by atoms with E-state index in [2.05, 4.69) is 50.6 Å². The predicted octanol–water partition coefficient (Wildman–Crippen LogP) is 8.86. The zero-order chi connectivity index (χ0) is 23.9. The Balaban J connectivity index is 3.25. The van der Waals surface area contributed by atoms with Crippen molar-refractivity contribution < 1.29 is 4.39 Å². The maximum absolute atomic E-state index is 14.1. The number of benzene rings is 1. The molecule has 0 bridgehead atoms. The monoisotopic (exact) mass is 458 g/mol. The van der Waals surface area contributed by atoms with Gasteiger partial charge < -0.3 is 4.90 Å². The van der Waals surface area contributed by atoms with E-state index in [1.165, 1.54) is 0 Å². The molecule has 0 aromatic heterocycles. The third-order valence-corrected chi connectivity index (χ3v) is 5.66. The number of aliphatic imine (C=N–C) groups is 1. The number of halogens is 2. The zero-order valence-electron chi connectivity index (χ0n) is 20.5. The number of allylic oxidation sites excluding steroid dienone is 6. The van der Waals surface area contributed by atoms with Gasteiger partial charge in [-0.1, -0.05) is 82.5 Å². The summed E-state index contributed by atoms with van der Waals surface area (Å²) in [4.78, 5) is 7.21. The second kappa shape index (κ2) is 15.6. The number of hydrogen-bond acceptors (Lipinski definition) is 2. The quantitative estimate of drug-likeness (QED) is 0.201. The van der Waals surface area contributed by atoms with E-state index in [9.17, 15) is 4.39 Å². The lowest BCUT2D eigenvalue weighted by Crippen LogP contribution is -2.19. The fraction of sp³-hybridized carbons (Fsp3) is 0.464. The highest BCUT2D eigenvalue weighted by Gasteiger charge is 2.16. The summed E-state index contributed by atoms with van der Waals surface area (Å²) in [6, 6.07) is 5.46. The Labute approximate surface area is 200 Å². The van der Waals surface area contributed by atoms with E-state index >= 15 is 0 Å². The lowest BCUT2D eigenvalue weighted by molar-refractivity contribution is 0.315. The largest absolute Gasteiger partial charge is 0.373 e. The maximum atomic E-state index is 14.1. The Morgan fingerprint density at radius 1 is 1.12 bits per heavy atom. The molecule has 0 aliphatic rings. The minimum Gasteiger partial charge on any atom is -0.373 e. The van der Waals surface area contributed by atoms with E-state index in [-0.39, 0.29) is 16.9 Å². The van der Waals surface area contributed by atoms with Gasteiger partial charge in [0.15, 0.2) is 0 Å². The van der Waals surface area contributed by atoms with Crippen LogP contribution in [0.3, 0.4) is 0 Å². The molecule has 1 aromatic carbocycles. The zero-order valence-corrected chi connectivity index (χ0v) is 21.2. The van der Waals surface area contributed by atoms with Crippen LogP contribution in [0.25, 0.3) is 0 Å². The van der Waals surface area contributed by atoms with Crippen LogP contribution in [0.1, 0.15) is 77.8 Å². The van der Waals surface area contributed by atoms with Gasteiger partial charge in [0.25, 0.3) is 0 Å². The van der Waals surface area contributed by atoms with Crippen LogP contribution in [-0.2, 0) is 0 Å². The van der Waals surface area contributed by atoms with Crippen molar-refractivity contribution in [2.24, 2.45) is 4.99 Å². The lowest BCUT2D eigenvalue weighted by atomic mass is 10.0. The first-order valence-electron chi connectivity index (χ1n) is 11.8. The van der Waals surface area contributed by atoms with Gasteiger partial charge in [-0.25, -0.2) is 4.39 Å². The molecule has 1 aromatic rings. The lowest BCUT2D eigenvalue weighted by Gasteiger charge is -2.27. The van der Waals surface area contributed by atoms with Crippen LogP contribution in [0.2, 0.25) is 5.02 Å². The Bertz CT molecular complexity index is 817. The van der Waals surface area contributed by atoms with Gasteiger partial charge in [0, 0.05) is 12.6 Å². The van der Waals surface area contributed by atoms with Crippen LogP contribution in [0.4, 0.5) is 4.39 Å². The van der Waals surface area contributed by atoms with Crippen molar-refractivity contribution in [3.8, 4) is 0 Å². The normalized spacial score (nSPS) is 14.0. The molecule has 176 valence electrons. The SMILES string of the molecule is C=C/C=C(\C=C/N(C)C(CCC)c1ccc(Cl)c(F)c1)C(/C=C\C)=NC(CCC)CCC. The molecule has 0 radical (unpaired) electrons. The highest BCUT2D eigenvalue weighted by molar-refractivity contribution is 6.30. The van der Waals surface area contributed by atoms with E-state index in [0.717, 1.165) is 55.4 Å². The molecular weight excluding hydrogens is 419 g/mol. The summed E-state index contributed by atoms with van der Waals surface area (Å²) in [5.41, 5.74) is 2.90. The van der Waals surface area contributed by atoms with Crippen molar-refractivity contribution in [2.45, 2.75) is 78.3 Å². The molecule has 32 heavy (non-hydrogen) atoms. The predicted molar refractivity (Wildman–Crippen MR) is 140 cm³/mol. The summed E-state index contributed by atoms with van der Waals surface area (Å²) in [7, 11) is 2.03. The molecule has 4 heteroatoms. The van der Waals surface area contributed by atoms with E-state index < -0.39 is 0 Å². The first-order chi connectivity index (χ1) is 15.4. The van der Waals surface area contributed by atoms with Gasteiger partial charge in [0.2, 0.25) is 0 Å². The van der Waals surface area contributed by atoms with Gasteiger partial charge in [-0.15, -0.1) is 0 Å². The standard InChI is InChI=1S/C28H40ClFN2/c1-7-12-22(27(15-10-4)31-24(13-8-2)14-9-3)19-20-32(6)28(16-11-5)23-17-18-25(29)26(30)21-23/h7,10,12,15,17-21,24,28H,1,8-9,11,13-14,16H2,2-6H3/b15-10-,20-19-,22-12+,31-27?. The van der Waals surface area contributed by atoms with E-state index in [0.29, 0.717) is 6.04 Å². The summed E-state index contributed by atoms with van der Waals surface area (Å²) < 4.78 is 14.1. The van der Waals surface area contributed by atoms with Crippen molar-refractivity contribution in [2.75, 3.05) is 7.05 Å². The van der Waals surface area contributed by atoms with Crippen molar-refractivity contribution in [1.29, 1.82) is 0 Å². The fourth-order valence-electron chi connectivity index (χ4n) is 3.76. The summed E-state index contributed by atoms with van der Waals surface area (Å²) in [6.45, 7) is 12.5. The second-order valence-electron chi connectivity index (χ2n) is 8.06. The van der Waals surface area contributed by atoms with Gasteiger partial charge in [-0.3, -0.25) is 4.99 Å². The topological polar surface area (TPSA) is 15.6 Å². The Hall–Kier alpha value is -2.13. The smallest absolute Gasteiger partial charge is 0.142 e. The summed E-state index contributed by atoms with van der Waals surface area (Å²) >= 11 is 5.89. The highest BCUT2D eigenvalue weighted by atomic mass is 35.5. The summed E-state index contributed by atoms with van der Waals surface area (Å²) in [6.07, 6.45) is 18.3. The van der Waals surface area contributed by atoms with Crippen LogP contribution in [0, 0.1) is 5.82 Å². The van der Waals surface area contributed by atoms with Crippen LogP contribution in [0.5, 0.6) is 0 Å². The fourth-order valence-corrected chi connectivity index (χ4v) is 3.88. The first-order valence-corrected chi connectivity index (χ1v) is 12.2. The van der Waals surface area contributed by atoms with E-state index in [4.69, 9.17) is 16.6 Å². The van der Waals surface area contributed by atoms with Crippen LogP contribution >= 0.6 is 11.6 Å². The molecule has 0 saturated carbocycles. The third-order valence-electron chi connectivity index (χ3n) is 5.35. The van der Waals surface area contributed by atoms with E-state index in [1.54, 1.807) is 18.2 Å².